The Hall–Kier alpha value is -0.890. The minimum Gasteiger partial charge on any atom is -1.00 e. The van der Waals surface area contributed by atoms with Crippen LogP contribution in [0.3, 0.4) is 0 Å². The Kier molecular flexibility index (Phi) is 3.65. The second-order valence-corrected chi connectivity index (χ2v) is 1.97. The summed E-state index contributed by atoms with van der Waals surface area (Å²) in [5.41, 5.74) is 1.71. The average Bonchev–Trinajstić information content (AvgIpc) is 1.88. The van der Waals surface area contributed by atoms with Gasteiger partial charge in [0.25, 0.3) is 5.69 Å². The van der Waals surface area contributed by atoms with Gasteiger partial charge in [0, 0.05) is 22.2 Å². The highest BCUT2D eigenvalue weighted by molar-refractivity contribution is 5.31. The highest BCUT2D eigenvalue weighted by atomic mass is 35.5. The molecule has 1 aromatic carbocycles. The van der Waals surface area contributed by atoms with Crippen LogP contribution in [-0.4, -0.2) is 0 Å². The van der Waals surface area contributed by atoms with Gasteiger partial charge in [-0.05, 0) is 12.5 Å². The van der Waals surface area contributed by atoms with Gasteiger partial charge in [0.2, 0.25) is 0 Å². The Balaban J connectivity index is 0.000000810. The molecule has 0 unspecified atom stereocenters. The molecule has 3 heteroatoms. The Morgan fingerprint density at radius 3 is 2.50 bits per heavy atom. The molecule has 1 rings (SSSR count). The molecule has 0 saturated carbocycles. The molecule has 1 N–H and O–H groups in total. The van der Waals surface area contributed by atoms with Crippen molar-refractivity contribution in [3.05, 3.63) is 34.7 Å². The van der Waals surface area contributed by atoms with Gasteiger partial charge < -0.3 is 12.4 Å². The summed E-state index contributed by atoms with van der Waals surface area (Å²) in [7, 11) is 0. The molecule has 1 aromatic rings. The number of halogens is 1. The largest absolute Gasteiger partial charge is 1.00 e. The van der Waals surface area contributed by atoms with E-state index in [-0.39, 0.29) is 12.4 Å². The van der Waals surface area contributed by atoms with Crippen LogP contribution in [0, 0.1) is 11.8 Å². The molecular formula is C7H8ClNO. The van der Waals surface area contributed by atoms with Crippen LogP contribution in [0.5, 0.6) is 0 Å². The fourth-order valence-corrected chi connectivity index (χ4v) is 0.709. The SMILES string of the molecule is Cc1cccc([NH+]=O)c1.[Cl-]. The molecule has 0 amide bonds. The third-order valence-electron chi connectivity index (χ3n) is 1.14. The van der Waals surface area contributed by atoms with Gasteiger partial charge in [-0.2, -0.15) is 0 Å². The van der Waals surface area contributed by atoms with Crippen LogP contribution in [0.25, 0.3) is 0 Å². The molecule has 0 radical (unpaired) electrons. The summed E-state index contributed by atoms with van der Waals surface area (Å²) in [6.07, 6.45) is 0. The molecule has 0 fully saturated rings. The van der Waals surface area contributed by atoms with Crippen molar-refractivity contribution in [2.24, 2.45) is 0 Å². The molecule has 0 spiro atoms. The Morgan fingerprint density at radius 2 is 2.10 bits per heavy atom. The molecule has 2 nitrogen and oxygen atoms in total. The van der Waals surface area contributed by atoms with Gasteiger partial charge in [0.05, 0.1) is 0 Å². The van der Waals surface area contributed by atoms with Crippen molar-refractivity contribution in [2.75, 3.05) is 0 Å². The molecule has 0 saturated heterocycles. The van der Waals surface area contributed by atoms with E-state index in [1.807, 2.05) is 24.2 Å². The van der Waals surface area contributed by atoms with E-state index < -0.39 is 0 Å². The highest BCUT2D eigenvalue weighted by Gasteiger charge is 1.93. The first kappa shape index (κ1) is 9.11. The van der Waals surface area contributed by atoms with Gasteiger partial charge in [-0.15, -0.1) is 0 Å². The molecule has 0 heterocycles. The Morgan fingerprint density at radius 1 is 1.40 bits per heavy atom. The average molecular weight is 158 g/mol. The normalized spacial score (nSPS) is 8.10. The fourth-order valence-electron chi connectivity index (χ4n) is 0.709. The summed E-state index contributed by atoms with van der Waals surface area (Å²) in [4.78, 5) is 10.0. The van der Waals surface area contributed by atoms with Gasteiger partial charge in [-0.1, -0.05) is 12.1 Å². The zero-order valence-corrected chi connectivity index (χ0v) is 6.35. The van der Waals surface area contributed by atoms with Crippen LogP contribution in [0.15, 0.2) is 24.3 Å². The van der Waals surface area contributed by atoms with E-state index in [0.29, 0.717) is 5.69 Å². The smallest absolute Gasteiger partial charge is 0.253 e. The lowest BCUT2D eigenvalue weighted by molar-refractivity contribution is -0.379. The zero-order valence-electron chi connectivity index (χ0n) is 5.60. The Bertz CT molecular complexity index is 225. The summed E-state index contributed by atoms with van der Waals surface area (Å²) < 4.78 is 0. The van der Waals surface area contributed by atoms with Crippen molar-refractivity contribution in [3.63, 3.8) is 0 Å². The second kappa shape index (κ2) is 4.01. The number of nitroso groups, excluding NO2 is 1. The van der Waals surface area contributed by atoms with E-state index in [1.54, 1.807) is 12.1 Å². The van der Waals surface area contributed by atoms with Gasteiger partial charge in [-0.25, -0.2) is 0 Å². The molecule has 0 aliphatic rings. The molecule has 0 aliphatic heterocycles. The summed E-state index contributed by atoms with van der Waals surface area (Å²) in [6, 6.07) is 7.32. The predicted molar refractivity (Wildman–Crippen MR) is 35.2 cm³/mol. The minimum absolute atomic E-state index is 0. The molecule has 0 atom stereocenters. The summed E-state index contributed by atoms with van der Waals surface area (Å²) in [5.74, 6) is 0. The van der Waals surface area contributed by atoms with E-state index in [1.165, 1.54) is 0 Å². The molecule has 0 aromatic heterocycles. The third kappa shape index (κ3) is 2.15. The maximum atomic E-state index is 10.0. The summed E-state index contributed by atoms with van der Waals surface area (Å²) >= 11 is 0. The van der Waals surface area contributed by atoms with Crippen LogP contribution in [0.2, 0.25) is 0 Å². The number of hydrogen-bond acceptors (Lipinski definition) is 1. The van der Waals surface area contributed by atoms with Crippen LogP contribution < -0.4 is 17.6 Å². The quantitative estimate of drug-likeness (QED) is 0.479. The number of aryl methyl sites for hydroxylation is 1. The number of rotatable bonds is 1. The van der Waals surface area contributed by atoms with Gasteiger partial charge >= 0.3 is 0 Å². The molecular weight excluding hydrogens is 150 g/mol. The van der Waals surface area contributed by atoms with Crippen molar-refractivity contribution in [1.29, 1.82) is 0 Å². The van der Waals surface area contributed by atoms with E-state index in [2.05, 4.69) is 0 Å². The highest BCUT2D eigenvalue weighted by Crippen LogP contribution is 2.01. The first-order chi connectivity index (χ1) is 4.33. The van der Waals surface area contributed by atoms with Crippen molar-refractivity contribution in [3.8, 4) is 0 Å². The molecule has 0 bridgehead atoms. The molecule has 54 valence electrons. The topological polar surface area (TPSA) is 31.0 Å². The third-order valence-corrected chi connectivity index (χ3v) is 1.14. The minimum atomic E-state index is 0. The zero-order chi connectivity index (χ0) is 6.69. The van der Waals surface area contributed by atoms with Crippen molar-refractivity contribution in [2.45, 2.75) is 6.92 Å². The van der Waals surface area contributed by atoms with Crippen LogP contribution in [0.4, 0.5) is 5.69 Å². The van der Waals surface area contributed by atoms with Gasteiger partial charge in [0.15, 0.2) is 0 Å². The Labute approximate surface area is 65.6 Å². The summed E-state index contributed by atoms with van der Waals surface area (Å²) in [6.45, 7) is 1.95. The second-order valence-electron chi connectivity index (χ2n) is 1.97. The van der Waals surface area contributed by atoms with E-state index in [9.17, 15) is 4.91 Å². The fraction of sp³-hybridized carbons (Fsp3) is 0.143. The lowest BCUT2D eigenvalue weighted by Crippen LogP contribution is -3.00. The van der Waals surface area contributed by atoms with E-state index in [0.717, 1.165) is 5.56 Å². The number of hydrogen-bond donors (Lipinski definition) is 1. The molecule has 10 heavy (non-hydrogen) atoms. The maximum absolute atomic E-state index is 10.0. The first-order valence-electron chi connectivity index (χ1n) is 2.78. The van der Waals surface area contributed by atoms with Crippen LogP contribution in [0.1, 0.15) is 5.56 Å². The van der Waals surface area contributed by atoms with Crippen molar-refractivity contribution in [1.82, 2.24) is 0 Å². The lowest BCUT2D eigenvalue weighted by Gasteiger charge is -1.84. The number of benzene rings is 1. The van der Waals surface area contributed by atoms with Crippen LogP contribution >= 0.6 is 0 Å². The first-order valence-corrected chi connectivity index (χ1v) is 2.78. The predicted octanol–water partition coefficient (Wildman–Crippen LogP) is -2.52. The van der Waals surface area contributed by atoms with E-state index in [4.69, 9.17) is 0 Å². The lowest BCUT2D eigenvalue weighted by atomic mass is 10.2. The van der Waals surface area contributed by atoms with Gasteiger partial charge in [0.1, 0.15) is 0 Å². The van der Waals surface area contributed by atoms with Crippen molar-refractivity contribution < 1.29 is 17.6 Å². The van der Waals surface area contributed by atoms with Crippen molar-refractivity contribution >= 4 is 5.69 Å². The number of nitrogens with one attached hydrogen (secondary N) is 1. The van der Waals surface area contributed by atoms with Gasteiger partial charge in [-0.3, -0.25) is 0 Å². The van der Waals surface area contributed by atoms with E-state index >= 15 is 0 Å². The monoisotopic (exact) mass is 157 g/mol. The van der Waals surface area contributed by atoms with Crippen LogP contribution in [-0.2, 0) is 0 Å². The standard InChI is InChI=1S/C7H7NO.ClH/c1-6-3-2-4-7(5-6)8-9;/h2-5H,1H3;1H. The maximum Gasteiger partial charge on any atom is 0.253 e. The molecule has 0 aliphatic carbocycles. The summed E-state index contributed by atoms with van der Waals surface area (Å²) in [5, 5.41) is 1.82.